The number of aliphatic hydroxyl groups is 2. The molecule has 2 saturated heterocycles. The first-order chi connectivity index (χ1) is 17.8. The zero-order valence-corrected chi connectivity index (χ0v) is 21.3. The Morgan fingerprint density at radius 2 is 1.62 bits per heavy atom. The number of nitrogens with zero attached hydrogens (tertiary/aromatic N) is 2. The van der Waals surface area contributed by atoms with Crippen molar-refractivity contribution in [2.45, 2.75) is 43.7 Å². The molecule has 0 unspecified atom stereocenters. The first kappa shape index (κ1) is 24.3. The van der Waals surface area contributed by atoms with E-state index in [9.17, 15) is 10.2 Å². The van der Waals surface area contributed by atoms with Gasteiger partial charge in [-0.3, -0.25) is 0 Å². The second-order valence-corrected chi connectivity index (χ2v) is 10.7. The van der Waals surface area contributed by atoms with Gasteiger partial charge >= 0.3 is 0 Å². The first-order valence-corrected chi connectivity index (χ1v) is 12.7. The zero-order valence-electron chi connectivity index (χ0n) is 20.5. The summed E-state index contributed by atoms with van der Waals surface area (Å²) in [6.45, 7) is 4.69. The Morgan fingerprint density at radius 1 is 0.973 bits per heavy atom. The largest absolute Gasteiger partial charge is 0.456 e. The Bertz CT molecular complexity index is 1420. The number of ether oxygens (including phenoxy) is 3. The van der Waals surface area contributed by atoms with E-state index in [1.807, 2.05) is 38.1 Å². The number of aromatic amines is 1. The van der Waals surface area contributed by atoms with Crippen LogP contribution in [-0.2, 0) is 14.9 Å². The van der Waals surface area contributed by atoms with E-state index in [4.69, 9.17) is 25.8 Å². The van der Waals surface area contributed by atoms with Crippen LogP contribution in [0.25, 0.3) is 33.5 Å². The number of H-pyrrole nitrogens is 1. The van der Waals surface area contributed by atoms with Gasteiger partial charge in [0.1, 0.15) is 18.3 Å². The number of rotatable bonds is 6. The number of hydrogen-bond donors (Lipinski definition) is 3. The van der Waals surface area contributed by atoms with Crippen LogP contribution in [0, 0.1) is 0 Å². The minimum absolute atomic E-state index is 0.0945. The van der Waals surface area contributed by atoms with Crippen LogP contribution in [0.4, 0.5) is 0 Å². The van der Waals surface area contributed by atoms with Crippen LogP contribution in [0.3, 0.4) is 0 Å². The molecule has 2 fully saturated rings. The molecule has 37 heavy (non-hydrogen) atoms. The summed E-state index contributed by atoms with van der Waals surface area (Å²) in [5.41, 5.74) is 5.63. The molecule has 6 rings (SSSR count). The van der Waals surface area contributed by atoms with Crippen LogP contribution in [0.5, 0.6) is 6.01 Å². The minimum Gasteiger partial charge on any atom is -0.456 e. The van der Waals surface area contributed by atoms with Gasteiger partial charge in [0, 0.05) is 11.0 Å². The van der Waals surface area contributed by atoms with Crippen molar-refractivity contribution in [1.82, 2.24) is 15.0 Å². The van der Waals surface area contributed by atoms with E-state index in [0.717, 1.165) is 22.3 Å². The van der Waals surface area contributed by atoms with Gasteiger partial charge in [-0.15, -0.1) is 0 Å². The van der Waals surface area contributed by atoms with E-state index in [-0.39, 0.29) is 36.9 Å². The highest BCUT2D eigenvalue weighted by molar-refractivity contribution is 6.33. The van der Waals surface area contributed by atoms with Gasteiger partial charge in [0.25, 0.3) is 6.01 Å². The second kappa shape index (κ2) is 9.38. The fraction of sp³-hybridized carbons (Fsp3) is 0.357. The molecule has 4 heterocycles. The summed E-state index contributed by atoms with van der Waals surface area (Å²) in [6.07, 6.45) is -1.71. The molecule has 0 amide bonds. The molecule has 0 saturated carbocycles. The molecule has 9 heteroatoms. The predicted octanol–water partition coefficient (Wildman–Crippen LogP) is 4.12. The normalized spacial score (nSPS) is 23.5. The van der Waals surface area contributed by atoms with Crippen LogP contribution in [0.2, 0.25) is 5.02 Å². The number of hydrogen-bond acceptors (Lipinski definition) is 7. The standard InChI is InChI=1S/C28H28ClN3O5/c1-28(2,14-33)18-9-7-16(8-10-18)15-3-5-17(6-4-15)23-19(29)11-20-26(31-23)32-27(30-20)37-22-13-36-24-21(34)12-35-25(22)24/h3-11,21-22,24-25,33-34H,12-14H2,1-2H3,(H,30,31,32)/t21-,22-,24-,25-/m1/s1. The Labute approximate surface area is 219 Å². The molecule has 2 aliphatic heterocycles. The Kier molecular flexibility index (Phi) is 6.17. The average molecular weight is 522 g/mol. The number of aromatic nitrogens is 3. The number of benzene rings is 2. The third-order valence-electron chi connectivity index (χ3n) is 7.20. The van der Waals surface area contributed by atoms with E-state index in [1.165, 1.54) is 0 Å². The van der Waals surface area contributed by atoms with Crippen molar-refractivity contribution in [3.63, 3.8) is 0 Å². The third-order valence-corrected chi connectivity index (χ3v) is 7.49. The minimum atomic E-state index is -0.638. The van der Waals surface area contributed by atoms with E-state index in [0.29, 0.717) is 34.5 Å². The maximum absolute atomic E-state index is 9.94. The van der Waals surface area contributed by atoms with Crippen molar-refractivity contribution in [2.75, 3.05) is 19.8 Å². The van der Waals surface area contributed by atoms with Gasteiger partial charge in [0.05, 0.1) is 36.1 Å². The molecule has 4 aromatic rings. The van der Waals surface area contributed by atoms with Crippen molar-refractivity contribution in [3.8, 4) is 28.4 Å². The van der Waals surface area contributed by atoms with E-state index >= 15 is 0 Å². The molecule has 2 aliphatic rings. The summed E-state index contributed by atoms with van der Waals surface area (Å²) >= 11 is 6.60. The van der Waals surface area contributed by atoms with Crippen LogP contribution in [0.1, 0.15) is 19.4 Å². The van der Waals surface area contributed by atoms with E-state index in [1.54, 1.807) is 6.07 Å². The molecule has 3 N–H and O–H groups in total. The summed E-state index contributed by atoms with van der Waals surface area (Å²) in [5.74, 6) is 0. The molecular formula is C28H28ClN3O5. The van der Waals surface area contributed by atoms with Gasteiger partial charge in [0.2, 0.25) is 0 Å². The van der Waals surface area contributed by atoms with Crippen molar-refractivity contribution in [3.05, 3.63) is 65.2 Å². The molecule has 2 aromatic heterocycles. The van der Waals surface area contributed by atoms with Crippen molar-refractivity contribution < 1.29 is 24.4 Å². The fourth-order valence-electron chi connectivity index (χ4n) is 4.87. The average Bonchev–Trinajstić information content (AvgIpc) is 3.60. The molecule has 0 spiro atoms. The predicted molar refractivity (Wildman–Crippen MR) is 140 cm³/mol. The lowest BCUT2D eigenvalue weighted by Crippen LogP contribution is -2.34. The zero-order chi connectivity index (χ0) is 25.7. The van der Waals surface area contributed by atoms with Gasteiger partial charge in [-0.25, -0.2) is 4.98 Å². The summed E-state index contributed by atoms with van der Waals surface area (Å²) in [7, 11) is 0. The van der Waals surface area contributed by atoms with Gasteiger partial charge < -0.3 is 29.4 Å². The molecule has 8 nitrogen and oxygen atoms in total. The number of halogens is 1. The molecule has 0 bridgehead atoms. The number of nitrogens with one attached hydrogen (secondary N) is 1. The lowest BCUT2D eigenvalue weighted by molar-refractivity contribution is 0.00706. The number of fused-ring (bicyclic) bond motifs is 2. The third kappa shape index (κ3) is 4.49. The van der Waals surface area contributed by atoms with Gasteiger partial charge in [-0.2, -0.15) is 4.98 Å². The van der Waals surface area contributed by atoms with Gasteiger partial charge in [-0.1, -0.05) is 74.0 Å². The van der Waals surface area contributed by atoms with E-state index in [2.05, 4.69) is 39.2 Å². The van der Waals surface area contributed by atoms with Crippen LogP contribution < -0.4 is 4.74 Å². The highest BCUT2D eigenvalue weighted by Crippen LogP contribution is 2.33. The van der Waals surface area contributed by atoms with Crippen LogP contribution in [0.15, 0.2) is 54.6 Å². The number of pyridine rings is 1. The highest BCUT2D eigenvalue weighted by Gasteiger charge is 2.48. The van der Waals surface area contributed by atoms with Crippen LogP contribution >= 0.6 is 11.6 Å². The molecule has 192 valence electrons. The summed E-state index contributed by atoms with van der Waals surface area (Å²) in [6, 6.07) is 18.4. The fourth-order valence-corrected chi connectivity index (χ4v) is 5.13. The molecular weight excluding hydrogens is 494 g/mol. The molecule has 0 radical (unpaired) electrons. The molecule has 2 aromatic carbocycles. The van der Waals surface area contributed by atoms with Crippen molar-refractivity contribution in [1.29, 1.82) is 0 Å². The number of aliphatic hydroxyl groups excluding tert-OH is 2. The first-order valence-electron chi connectivity index (χ1n) is 12.3. The maximum atomic E-state index is 9.94. The number of imidazole rings is 1. The van der Waals surface area contributed by atoms with Gasteiger partial charge in [0.15, 0.2) is 11.8 Å². The Morgan fingerprint density at radius 3 is 2.32 bits per heavy atom. The maximum Gasteiger partial charge on any atom is 0.296 e. The monoisotopic (exact) mass is 521 g/mol. The van der Waals surface area contributed by atoms with Crippen LogP contribution in [-0.4, -0.2) is 69.4 Å². The van der Waals surface area contributed by atoms with Crippen molar-refractivity contribution in [2.24, 2.45) is 0 Å². The summed E-state index contributed by atoms with van der Waals surface area (Å²) < 4.78 is 17.2. The van der Waals surface area contributed by atoms with E-state index < -0.39 is 6.10 Å². The second-order valence-electron chi connectivity index (χ2n) is 10.2. The molecule has 0 aliphatic carbocycles. The summed E-state index contributed by atoms with van der Waals surface area (Å²) in [5, 5.41) is 20.1. The topological polar surface area (TPSA) is 110 Å². The quantitative estimate of drug-likeness (QED) is 0.350. The molecule has 4 atom stereocenters. The Balaban J connectivity index is 1.22. The summed E-state index contributed by atoms with van der Waals surface area (Å²) in [4.78, 5) is 12.3. The smallest absolute Gasteiger partial charge is 0.296 e. The SMILES string of the molecule is CC(C)(CO)c1ccc(-c2ccc(-c3nc4nc(O[C@@H]5CO[C@H]6[C@@H]5OC[C@H]6O)[nH]c4cc3Cl)cc2)cc1. The lowest BCUT2D eigenvalue weighted by Gasteiger charge is -2.22. The highest BCUT2D eigenvalue weighted by atomic mass is 35.5. The Hall–Kier alpha value is -3.01. The van der Waals surface area contributed by atoms with Crippen molar-refractivity contribution >= 4 is 22.8 Å². The van der Waals surface area contributed by atoms with Gasteiger partial charge in [-0.05, 0) is 22.8 Å². The lowest BCUT2D eigenvalue weighted by atomic mass is 9.85.